The average molecular weight is 287 g/mol. The second-order valence-electron chi connectivity index (χ2n) is 5.34. The molecule has 18 heavy (non-hydrogen) atoms. The molecule has 2 N–H and O–H groups in total. The smallest absolute Gasteiger partial charge is 0.0931 e. The second-order valence-corrected chi connectivity index (χ2v) is 7.14. The van der Waals surface area contributed by atoms with Crippen molar-refractivity contribution in [2.75, 3.05) is 19.6 Å². The molecule has 1 atom stereocenters. The van der Waals surface area contributed by atoms with Gasteiger partial charge in [0.2, 0.25) is 0 Å². The lowest BCUT2D eigenvalue weighted by Crippen LogP contribution is -2.46. The van der Waals surface area contributed by atoms with Crippen LogP contribution in [0.2, 0.25) is 4.34 Å². The van der Waals surface area contributed by atoms with Crippen molar-refractivity contribution in [2.24, 2.45) is 5.41 Å². The van der Waals surface area contributed by atoms with Crippen LogP contribution in [-0.2, 0) is 6.54 Å². The van der Waals surface area contributed by atoms with Crippen LogP contribution in [0.1, 0.15) is 37.5 Å². The van der Waals surface area contributed by atoms with Crippen molar-refractivity contribution < 1.29 is 0 Å². The number of piperidine rings is 1. The predicted molar refractivity (Wildman–Crippen MR) is 80.5 cm³/mol. The highest BCUT2D eigenvalue weighted by molar-refractivity contribution is 7.16. The van der Waals surface area contributed by atoms with Crippen LogP contribution in [0.3, 0.4) is 0 Å². The largest absolute Gasteiger partial charge is 0.316 e. The SMILES string of the molecule is CCCC1(CNCc2ccc(Cl)s2)CCCNC1. The van der Waals surface area contributed by atoms with Crippen LogP contribution in [0.4, 0.5) is 0 Å². The van der Waals surface area contributed by atoms with E-state index in [-0.39, 0.29) is 0 Å². The molecule has 0 amide bonds. The van der Waals surface area contributed by atoms with E-state index in [0.29, 0.717) is 5.41 Å². The number of rotatable bonds is 6. The van der Waals surface area contributed by atoms with Gasteiger partial charge < -0.3 is 10.6 Å². The first-order valence-corrected chi connectivity index (χ1v) is 8.09. The van der Waals surface area contributed by atoms with Crippen LogP contribution in [0.15, 0.2) is 12.1 Å². The molecule has 0 aliphatic carbocycles. The van der Waals surface area contributed by atoms with E-state index in [2.05, 4.69) is 23.6 Å². The summed E-state index contributed by atoms with van der Waals surface area (Å²) in [6, 6.07) is 4.10. The van der Waals surface area contributed by atoms with Crippen LogP contribution >= 0.6 is 22.9 Å². The van der Waals surface area contributed by atoms with Crippen molar-refractivity contribution in [3.05, 3.63) is 21.3 Å². The Labute approximate surface area is 119 Å². The normalized spacial score (nSPS) is 24.3. The average Bonchev–Trinajstić information content (AvgIpc) is 2.77. The molecule has 4 heteroatoms. The van der Waals surface area contributed by atoms with Crippen LogP contribution in [0, 0.1) is 5.41 Å². The zero-order valence-electron chi connectivity index (χ0n) is 11.1. The van der Waals surface area contributed by atoms with Gasteiger partial charge >= 0.3 is 0 Å². The Balaban J connectivity index is 1.82. The summed E-state index contributed by atoms with van der Waals surface area (Å²) in [6.07, 6.45) is 5.25. The van der Waals surface area contributed by atoms with Gasteiger partial charge in [-0.25, -0.2) is 0 Å². The van der Waals surface area contributed by atoms with Gasteiger partial charge in [-0.3, -0.25) is 0 Å². The number of hydrogen-bond acceptors (Lipinski definition) is 3. The Bertz CT molecular complexity index is 353. The highest BCUT2D eigenvalue weighted by Crippen LogP contribution is 2.31. The number of hydrogen-bond donors (Lipinski definition) is 2. The molecule has 2 heterocycles. The lowest BCUT2D eigenvalue weighted by Gasteiger charge is -2.38. The Morgan fingerprint density at radius 2 is 2.39 bits per heavy atom. The Morgan fingerprint density at radius 1 is 1.50 bits per heavy atom. The summed E-state index contributed by atoms with van der Waals surface area (Å²) < 4.78 is 0.884. The number of halogens is 1. The summed E-state index contributed by atoms with van der Waals surface area (Å²) >= 11 is 7.62. The van der Waals surface area contributed by atoms with E-state index in [1.54, 1.807) is 11.3 Å². The molecule has 0 radical (unpaired) electrons. The standard InChI is InChI=1S/C14H23ClN2S/c1-2-6-14(7-3-8-16-10-14)11-17-9-12-4-5-13(15)18-12/h4-5,16-17H,2-3,6-11H2,1H3. The maximum atomic E-state index is 5.95. The molecule has 1 saturated heterocycles. The van der Waals surface area contributed by atoms with Gasteiger partial charge in [-0.2, -0.15) is 0 Å². The molecular formula is C14H23ClN2S. The summed E-state index contributed by atoms with van der Waals surface area (Å²) in [7, 11) is 0. The fourth-order valence-corrected chi connectivity index (χ4v) is 3.97. The number of thiophene rings is 1. The Kier molecular flexibility index (Phi) is 5.49. The Hall–Kier alpha value is -0.0900. The molecule has 1 aromatic heterocycles. The molecule has 1 aliphatic heterocycles. The van der Waals surface area contributed by atoms with E-state index in [1.807, 2.05) is 6.07 Å². The molecule has 1 unspecified atom stereocenters. The highest BCUT2D eigenvalue weighted by atomic mass is 35.5. The monoisotopic (exact) mass is 286 g/mol. The first-order valence-electron chi connectivity index (χ1n) is 6.90. The third kappa shape index (κ3) is 3.95. The molecule has 2 rings (SSSR count). The second kappa shape index (κ2) is 6.90. The lowest BCUT2D eigenvalue weighted by atomic mass is 9.77. The molecule has 0 spiro atoms. The van der Waals surface area contributed by atoms with Crippen molar-refractivity contribution in [3.63, 3.8) is 0 Å². The highest BCUT2D eigenvalue weighted by Gasteiger charge is 2.30. The molecule has 0 aromatic carbocycles. The van der Waals surface area contributed by atoms with E-state index in [4.69, 9.17) is 11.6 Å². The van der Waals surface area contributed by atoms with E-state index in [9.17, 15) is 0 Å². The third-order valence-electron chi connectivity index (χ3n) is 3.77. The first-order chi connectivity index (χ1) is 8.74. The molecule has 1 aromatic rings. The van der Waals surface area contributed by atoms with Crippen LogP contribution in [0.25, 0.3) is 0 Å². The van der Waals surface area contributed by atoms with Crippen molar-refractivity contribution in [2.45, 2.75) is 39.2 Å². The Morgan fingerprint density at radius 3 is 3.00 bits per heavy atom. The minimum absolute atomic E-state index is 0.466. The summed E-state index contributed by atoms with van der Waals surface area (Å²) in [4.78, 5) is 1.33. The van der Waals surface area contributed by atoms with E-state index < -0.39 is 0 Å². The zero-order valence-corrected chi connectivity index (χ0v) is 12.7. The van der Waals surface area contributed by atoms with Crippen molar-refractivity contribution in [1.29, 1.82) is 0 Å². The molecule has 1 fully saturated rings. The summed E-state index contributed by atoms with van der Waals surface area (Å²) in [5.74, 6) is 0. The van der Waals surface area contributed by atoms with E-state index in [0.717, 1.165) is 17.4 Å². The minimum Gasteiger partial charge on any atom is -0.316 e. The molecular weight excluding hydrogens is 264 g/mol. The van der Waals surface area contributed by atoms with Gasteiger partial charge in [0.15, 0.2) is 0 Å². The van der Waals surface area contributed by atoms with E-state index >= 15 is 0 Å². The van der Waals surface area contributed by atoms with Gasteiger partial charge in [-0.15, -0.1) is 11.3 Å². The molecule has 2 nitrogen and oxygen atoms in total. The lowest BCUT2D eigenvalue weighted by molar-refractivity contribution is 0.182. The third-order valence-corrected chi connectivity index (χ3v) is 5.00. The topological polar surface area (TPSA) is 24.1 Å². The maximum Gasteiger partial charge on any atom is 0.0931 e. The fourth-order valence-electron chi connectivity index (χ4n) is 2.91. The van der Waals surface area contributed by atoms with Crippen molar-refractivity contribution >= 4 is 22.9 Å². The van der Waals surface area contributed by atoms with Gasteiger partial charge in [0, 0.05) is 24.5 Å². The zero-order chi connectivity index (χ0) is 12.8. The van der Waals surface area contributed by atoms with E-state index in [1.165, 1.54) is 43.6 Å². The maximum absolute atomic E-state index is 5.95. The molecule has 0 saturated carbocycles. The van der Waals surface area contributed by atoms with Gasteiger partial charge in [-0.05, 0) is 43.4 Å². The quantitative estimate of drug-likeness (QED) is 0.834. The van der Waals surface area contributed by atoms with Gasteiger partial charge in [0.1, 0.15) is 0 Å². The van der Waals surface area contributed by atoms with Gasteiger partial charge in [0.05, 0.1) is 4.34 Å². The van der Waals surface area contributed by atoms with Crippen molar-refractivity contribution in [1.82, 2.24) is 10.6 Å². The van der Waals surface area contributed by atoms with Crippen LogP contribution in [0.5, 0.6) is 0 Å². The molecule has 1 aliphatic rings. The molecule has 0 bridgehead atoms. The van der Waals surface area contributed by atoms with Crippen LogP contribution in [-0.4, -0.2) is 19.6 Å². The van der Waals surface area contributed by atoms with Gasteiger partial charge in [0.25, 0.3) is 0 Å². The fraction of sp³-hybridized carbons (Fsp3) is 0.714. The summed E-state index contributed by atoms with van der Waals surface area (Å²) in [6.45, 7) is 6.70. The van der Waals surface area contributed by atoms with Gasteiger partial charge in [-0.1, -0.05) is 24.9 Å². The number of nitrogens with one attached hydrogen (secondary N) is 2. The van der Waals surface area contributed by atoms with Crippen LogP contribution < -0.4 is 10.6 Å². The predicted octanol–water partition coefficient (Wildman–Crippen LogP) is 3.66. The molecule has 102 valence electrons. The summed E-state index contributed by atoms with van der Waals surface area (Å²) in [5.41, 5.74) is 0.466. The first kappa shape index (κ1) is 14.3. The van der Waals surface area contributed by atoms with Crippen molar-refractivity contribution in [3.8, 4) is 0 Å². The summed E-state index contributed by atoms with van der Waals surface area (Å²) in [5, 5.41) is 7.18. The minimum atomic E-state index is 0.466.